The van der Waals surface area contributed by atoms with E-state index in [2.05, 4.69) is 16.9 Å². The van der Waals surface area contributed by atoms with Crippen LogP contribution < -0.4 is 0 Å². The number of carboxylic acid groups (broad SMARTS) is 1. The highest BCUT2D eigenvalue weighted by Crippen LogP contribution is 2.21. The molecular formula is C12H19N3O2. The van der Waals surface area contributed by atoms with Gasteiger partial charge in [0.2, 0.25) is 0 Å². The van der Waals surface area contributed by atoms with Gasteiger partial charge in [-0.25, -0.2) is 0 Å². The molecule has 94 valence electrons. The molecule has 0 amide bonds. The number of aryl methyl sites for hydroxylation is 1. The van der Waals surface area contributed by atoms with Crippen molar-refractivity contribution in [3.63, 3.8) is 0 Å². The van der Waals surface area contributed by atoms with E-state index in [0.29, 0.717) is 12.3 Å². The van der Waals surface area contributed by atoms with Gasteiger partial charge in [0.25, 0.3) is 0 Å². The van der Waals surface area contributed by atoms with Crippen molar-refractivity contribution >= 4 is 5.97 Å². The van der Waals surface area contributed by atoms with E-state index in [0.717, 1.165) is 32.6 Å². The molecule has 5 nitrogen and oxygen atoms in total. The Hall–Kier alpha value is -1.36. The van der Waals surface area contributed by atoms with Gasteiger partial charge < -0.3 is 5.11 Å². The van der Waals surface area contributed by atoms with Crippen molar-refractivity contribution in [1.29, 1.82) is 0 Å². The van der Waals surface area contributed by atoms with Gasteiger partial charge in [0.1, 0.15) is 0 Å². The third-order valence-corrected chi connectivity index (χ3v) is 3.12. The van der Waals surface area contributed by atoms with Gasteiger partial charge in [0.05, 0.1) is 12.1 Å². The van der Waals surface area contributed by atoms with Crippen LogP contribution in [0.25, 0.3) is 0 Å². The first-order valence-electron chi connectivity index (χ1n) is 6.14. The highest BCUT2D eigenvalue weighted by Gasteiger charge is 2.28. The number of aliphatic carboxylic acids is 1. The first-order chi connectivity index (χ1) is 8.19. The molecule has 0 saturated carbocycles. The summed E-state index contributed by atoms with van der Waals surface area (Å²) in [6, 6.07) is 2.04. The van der Waals surface area contributed by atoms with Crippen LogP contribution in [0.3, 0.4) is 0 Å². The number of carbonyl (C=O) groups is 1. The first-order valence-corrected chi connectivity index (χ1v) is 6.14. The van der Waals surface area contributed by atoms with Gasteiger partial charge in [-0.2, -0.15) is 5.10 Å². The summed E-state index contributed by atoms with van der Waals surface area (Å²) in [6.07, 6.45) is 3.21. The second-order valence-corrected chi connectivity index (χ2v) is 4.70. The fraction of sp³-hybridized carbons (Fsp3) is 0.667. The zero-order valence-corrected chi connectivity index (χ0v) is 10.2. The third-order valence-electron chi connectivity index (χ3n) is 3.12. The molecule has 1 aromatic rings. The summed E-state index contributed by atoms with van der Waals surface area (Å²) in [5.41, 5.74) is 1.22. The van der Waals surface area contributed by atoms with Crippen molar-refractivity contribution in [2.45, 2.75) is 32.9 Å². The Balaban J connectivity index is 1.79. The minimum atomic E-state index is -0.689. The largest absolute Gasteiger partial charge is 0.481 e. The number of hydrogen-bond donors (Lipinski definition) is 1. The van der Waals surface area contributed by atoms with Crippen LogP contribution in [-0.2, 0) is 17.9 Å². The SMILES string of the molecule is CCCn1nccc1CN1CC(CC(=O)O)C1. The average Bonchev–Trinajstić information content (AvgIpc) is 2.62. The summed E-state index contributed by atoms with van der Waals surface area (Å²) < 4.78 is 2.03. The van der Waals surface area contributed by atoms with Crippen LogP contribution in [-0.4, -0.2) is 38.8 Å². The molecule has 0 aromatic carbocycles. The fourth-order valence-corrected chi connectivity index (χ4v) is 2.32. The van der Waals surface area contributed by atoms with Crippen LogP contribution >= 0.6 is 0 Å². The maximum Gasteiger partial charge on any atom is 0.303 e. The highest BCUT2D eigenvalue weighted by molar-refractivity contribution is 5.67. The third kappa shape index (κ3) is 3.06. The molecule has 0 bridgehead atoms. The van der Waals surface area contributed by atoms with Crippen molar-refractivity contribution in [1.82, 2.24) is 14.7 Å². The number of likely N-dealkylation sites (tertiary alicyclic amines) is 1. The lowest BCUT2D eigenvalue weighted by molar-refractivity contribution is -0.139. The van der Waals surface area contributed by atoms with Gasteiger partial charge in [-0.1, -0.05) is 6.92 Å². The molecule has 5 heteroatoms. The van der Waals surface area contributed by atoms with E-state index in [-0.39, 0.29) is 0 Å². The fourth-order valence-electron chi connectivity index (χ4n) is 2.32. The van der Waals surface area contributed by atoms with E-state index in [1.54, 1.807) is 0 Å². The number of nitrogens with zero attached hydrogens (tertiary/aromatic N) is 3. The maximum atomic E-state index is 10.5. The minimum Gasteiger partial charge on any atom is -0.481 e. The molecule has 1 saturated heterocycles. The Morgan fingerprint density at radius 3 is 3.00 bits per heavy atom. The zero-order valence-electron chi connectivity index (χ0n) is 10.2. The average molecular weight is 237 g/mol. The smallest absolute Gasteiger partial charge is 0.303 e. The molecule has 2 rings (SSSR count). The Labute approximate surface area is 101 Å². The normalized spacial score (nSPS) is 17.0. The van der Waals surface area contributed by atoms with E-state index in [1.165, 1.54) is 5.69 Å². The molecule has 1 aliphatic rings. The molecule has 0 spiro atoms. The molecule has 1 fully saturated rings. The Morgan fingerprint density at radius 1 is 1.59 bits per heavy atom. The van der Waals surface area contributed by atoms with E-state index < -0.39 is 5.97 Å². The summed E-state index contributed by atoms with van der Waals surface area (Å²) in [4.78, 5) is 12.8. The van der Waals surface area contributed by atoms with Gasteiger partial charge in [-0.15, -0.1) is 0 Å². The van der Waals surface area contributed by atoms with Gasteiger partial charge in [-0.05, 0) is 18.4 Å². The number of hydrogen-bond acceptors (Lipinski definition) is 3. The minimum absolute atomic E-state index is 0.296. The Morgan fingerprint density at radius 2 is 2.35 bits per heavy atom. The lowest BCUT2D eigenvalue weighted by Crippen LogP contribution is -2.47. The first kappa shape index (κ1) is 12.1. The molecule has 0 atom stereocenters. The van der Waals surface area contributed by atoms with Crippen molar-refractivity contribution in [3.8, 4) is 0 Å². The summed E-state index contributed by atoms with van der Waals surface area (Å²) in [6.45, 7) is 5.76. The van der Waals surface area contributed by atoms with E-state index in [4.69, 9.17) is 5.11 Å². The quantitative estimate of drug-likeness (QED) is 0.807. The van der Waals surface area contributed by atoms with Gasteiger partial charge in [0, 0.05) is 32.4 Å². The van der Waals surface area contributed by atoms with Crippen molar-refractivity contribution in [2.24, 2.45) is 5.92 Å². The molecule has 1 N–H and O–H groups in total. The molecule has 2 heterocycles. The van der Waals surface area contributed by atoms with E-state index in [9.17, 15) is 4.79 Å². The molecule has 0 radical (unpaired) electrons. The van der Waals surface area contributed by atoms with Crippen LogP contribution in [0.4, 0.5) is 0 Å². The second kappa shape index (κ2) is 5.31. The summed E-state index contributed by atoms with van der Waals surface area (Å²) in [5, 5.41) is 13.0. The summed E-state index contributed by atoms with van der Waals surface area (Å²) in [7, 11) is 0. The standard InChI is InChI=1S/C12H19N3O2/c1-2-5-15-11(3-4-13-15)9-14-7-10(8-14)6-12(16)17/h3-4,10H,2,5-9H2,1H3,(H,16,17). The van der Waals surface area contributed by atoms with E-state index in [1.807, 2.05) is 16.9 Å². The summed E-state index contributed by atoms with van der Waals surface area (Å²) in [5.74, 6) is -0.360. The van der Waals surface area contributed by atoms with Crippen LogP contribution in [0.15, 0.2) is 12.3 Å². The zero-order chi connectivity index (χ0) is 12.3. The maximum absolute atomic E-state index is 10.5. The second-order valence-electron chi connectivity index (χ2n) is 4.70. The predicted molar refractivity (Wildman–Crippen MR) is 63.5 cm³/mol. The number of aromatic nitrogens is 2. The molecule has 0 unspecified atom stereocenters. The lowest BCUT2D eigenvalue weighted by atomic mass is 9.96. The predicted octanol–water partition coefficient (Wildman–Crippen LogP) is 1.20. The molecule has 0 aliphatic carbocycles. The van der Waals surface area contributed by atoms with Crippen LogP contribution in [0.5, 0.6) is 0 Å². The molecule has 1 aromatic heterocycles. The Kier molecular flexibility index (Phi) is 3.78. The van der Waals surface area contributed by atoms with Gasteiger partial charge in [-0.3, -0.25) is 14.4 Å². The van der Waals surface area contributed by atoms with Crippen LogP contribution in [0.1, 0.15) is 25.5 Å². The number of rotatable bonds is 6. The van der Waals surface area contributed by atoms with Gasteiger partial charge >= 0.3 is 5.97 Å². The lowest BCUT2D eigenvalue weighted by Gasteiger charge is -2.38. The monoisotopic (exact) mass is 237 g/mol. The Bertz CT molecular complexity index is 383. The van der Waals surface area contributed by atoms with Crippen LogP contribution in [0, 0.1) is 5.92 Å². The number of carboxylic acids is 1. The molecule has 1 aliphatic heterocycles. The summed E-state index contributed by atoms with van der Waals surface area (Å²) >= 11 is 0. The van der Waals surface area contributed by atoms with Crippen molar-refractivity contribution in [2.75, 3.05) is 13.1 Å². The van der Waals surface area contributed by atoms with Crippen LogP contribution in [0.2, 0.25) is 0 Å². The van der Waals surface area contributed by atoms with Gasteiger partial charge in [0.15, 0.2) is 0 Å². The molecule has 17 heavy (non-hydrogen) atoms. The molecular weight excluding hydrogens is 218 g/mol. The highest BCUT2D eigenvalue weighted by atomic mass is 16.4. The van der Waals surface area contributed by atoms with E-state index >= 15 is 0 Å². The topological polar surface area (TPSA) is 58.4 Å². The van der Waals surface area contributed by atoms with Crippen molar-refractivity contribution in [3.05, 3.63) is 18.0 Å². The van der Waals surface area contributed by atoms with Crippen molar-refractivity contribution < 1.29 is 9.90 Å².